The number of amides is 2. The number of urea groups is 1. The summed E-state index contributed by atoms with van der Waals surface area (Å²) in [5, 5.41) is 13.5. The third-order valence-electron chi connectivity index (χ3n) is 2.42. The maximum absolute atomic E-state index is 11.4. The SMILES string of the molecule is CCCC[C@H](NC(=O)NCCS(=O)(=O)NC)C(=O)O. The lowest BCUT2D eigenvalue weighted by Gasteiger charge is -2.14. The monoisotopic (exact) mass is 295 g/mol. The number of hydrogen-bond acceptors (Lipinski definition) is 4. The van der Waals surface area contributed by atoms with Gasteiger partial charge in [0.15, 0.2) is 0 Å². The fraction of sp³-hybridized carbons (Fsp3) is 0.800. The van der Waals surface area contributed by atoms with E-state index in [-0.39, 0.29) is 12.3 Å². The van der Waals surface area contributed by atoms with E-state index in [1.54, 1.807) is 0 Å². The number of aliphatic carboxylic acids is 1. The molecule has 19 heavy (non-hydrogen) atoms. The van der Waals surface area contributed by atoms with Crippen molar-refractivity contribution in [3.63, 3.8) is 0 Å². The first-order valence-corrected chi connectivity index (χ1v) is 7.66. The van der Waals surface area contributed by atoms with Gasteiger partial charge in [0.2, 0.25) is 10.0 Å². The van der Waals surface area contributed by atoms with Gasteiger partial charge in [0.05, 0.1) is 5.75 Å². The molecule has 0 aliphatic carbocycles. The molecule has 0 aromatic heterocycles. The highest BCUT2D eigenvalue weighted by Gasteiger charge is 2.19. The molecular weight excluding hydrogens is 274 g/mol. The van der Waals surface area contributed by atoms with Crippen LogP contribution in [0.2, 0.25) is 0 Å². The van der Waals surface area contributed by atoms with Gasteiger partial charge in [-0.3, -0.25) is 0 Å². The quantitative estimate of drug-likeness (QED) is 0.455. The van der Waals surface area contributed by atoms with Crippen LogP contribution in [0.15, 0.2) is 0 Å². The normalized spacial score (nSPS) is 12.7. The lowest BCUT2D eigenvalue weighted by atomic mass is 10.1. The fourth-order valence-electron chi connectivity index (χ4n) is 1.28. The lowest BCUT2D eigenvalue weighted by Crippen LogP contribution is -2.47. The van der Waals surface area contributed by atoms with Crippen LogP contribution < -0.4 is 15.4 Å². The number of rotatable bonds is 9. The Morgan fingerprint density at radius 2 is 1.95 bits per heavy atom. The maximum Gasteiger partial charge on any atom is 0.326 e. The van der Waals surface area contributed by atoms with Crippen LogP contribution in [0.4, 0.5) is 4.79 Å². The number of hydrogen-bond donors (Lipinski definition) is 4. The van der Waals surface area contributed by atoms with Crippen LogP contribution in [0.25, 0.3) is 0 Å². The van der Waals surface area contributed by atoms with E-state index in [1.807, 2.05) is 6.92 Å². The summed E-state index contributed by atoms with van der Waals surface area (Å²) in [7, 11) is -2.10. The van der Waals surface area contributed by atoms with Crippen LogP contribution in [-0.4, -0.2) is 50.9 Å². The molecule has 0 heterocycles. The Hall–Kier alpha value is -1.35. The predicted molar refractivity (Wildman–Crippen MR) is 70.3 cm³/mol. The lowest BCUT2D eigenvalue weighted by molar-refractivity contribution is -0.139. The number of nitrogens with one attached hydrogen (secondary N) is 3. The molecule has 0 bridgehead atoms. The molecule has 1 atom stereocenters. The second kappa shape index (κ2) is 8.70. The van der Waals surface area contributed by atoms with Crippen molar-refractivity contribution < 1.29 is 23.1 Å². The average molecular weight is 295 g/mol. The molecule has 112 valence electrons. The Balaban J connectivity index is 4.10. The standard InChI is InChI=1S/C10H21N3O5S/c1-3-4-5-8(9(14)15)13-10(16)12-6-7-19(17,18)11-2/h8,11H,3-7H2,1-2H3,(H,14,15)(H2,12,13,16)/t8-/m0/s1. The van der Waals surface area contributed by atoms with Crippen molar-refractivity contribution in [2.75, 3.05) is 19.3 Å². The van der Waals surface area contributed by atoms with Crippen molar-refractivity contribution in [3.8, 4) is 0 Å². The molecule has 2 amide bonds. The highest BCUT2D eigenvalue weighted by atomic mass is 32.2. The molecule has 0 aromatic rings. The Labute approximate surface area is 113 Å². The molecule has 0 aliphatic heterocycles. The van der Waals surface area contributed by atoms with E-state index in [0.717, 1.165) is 6.42 Å². The van der Waals surface area contributed by atoms with Gasteiger partial charge in [-0.2, -0.15) is 0 Å². The van der Waals surface area contributed by atoms with Gasteiger partial charge >= 0.3 is 12.0 Å². The van der Waals surface area contributed by atoms with Gasteiger partial charge < -0.3 is 15.7 Å². The minimum Gasteiger partial charge on any atom is -0.480 e. The van der Waals surface area contributed by atoms with E-state index >= 15 is 0 Å². The van der Waals surface area contributed by atoms with E-state index in [0.29, 0.717) is 12.8 Å². The zero-order valence-electron chi connectivity index (χ0n) is 11.1. The van der Waals surface area contributed by atoms with Crippen molar-refractivity contribution in [1.82, 2.24) is 15.4 Å². The van der Waals surface area contributed by atoms with Crippen molar-refractivity contribution in [2.24, 2.45) is 0 Å². The highest BCUT2D eigenvalue weighted by molar-refractivity contribution is 7.89. The van der Waals surface area contributed by atoms with Crippen LogP contribution in [0.1, 0.15) is 26.2 Å². The summed E-state index contributed by atoms with van der Waals surface area (Å²) < 4.78 is 24.3. The van der Waals surface area contributed by atoms with Crippen LogP contribution in [0.3, 0.4) is 0 Å². The highest BCUT2D eigenvalue weighted by Crippen LogP contribution is 2.00. The van der Waals surface area contributed by atoms with Crippen LogP contribution in [-0.2, 0) is 14.8 Å². The number of carboxylic acids is 1. The van der Waals surface area contributed by atoms with Gasteiger partial charge in [-0.15, -0.1) is 0 Å². The van der Waals surface area contributed by atoms with Crippen LogP contribution in [0.5, 0.6) is 0 Å². The largest absolute Gasteiger partial charge is 0.480 e. The summed E-state index contributed by atoms with van der Waals surface area (Å²) in [6.07, 6.45) is 1.85. The molecule has 4 N–H and O–H groups in total. The number of carbonyl (C=O) groups is 2. The third kappa shape index (κ3) is 8.38. The number of sulfonamides is 1. The first-order chi connectivity index (χ1) is 8.82. The van der Waals surface area contributed by atoms with Crippen molar-refractivity contribution >= 4 is 22.0 Å². The first kappa shape index (κ1) is 17.6. The molecule has 0 unspecified atom stereocenters. The minimum absolute atomic E-state index is 0.0882. The zero-order valence-corrected chi connectivity index (χ0v) is 11.9. The van der Waals surface area contributed by atoms with Gasteiger partial charge in [-0.1, -0.05) is 19.8 Å². The average Bonchev–Trinajstić information content (AvgIpc) is 2.33. The van der Waals surface area contributed by atoms with E-state index in [4.69, 9.17) is 5.11 Å². The van der Waals surface area contributed by atoms with E-state index < -0.39 is 28.1 Å². The molecule has 0 spiro atoms. The topological polar surface area (TPSA) is 125 Å². The zero-order chi connectivity index (χ0) is 14.9. The van der Waals surface area contributed by atoms with Gasteiger partial charge in [0, 0.05) is 6.54 Å². The second-order valence-corrected chi connectivity index (χ2v) is 6.00. The van der Waals surface area contributed by atoms with Crippen molar-refractivity contribution in [3.05, 3.63) is 0 Å². The summed E-state index contributed by atoms with van der Waals surface area (Å²) in [6.45, 7) is 1.83. The second-order valence-electron chi connectivity index (χ2n) is 3.96. The smallest absolute Gasteiger partial charge is 0.326 e. The van der Waals surface area contributed by atoms with E-state index in [9.17, 15) is 18.0 Å². The van der Waals surface area contributed by atoms with Gasteiger partial charge in [0.1, 0.15) is 6.04 Å². The summed E-state index contributed by atoms with van der Waals surface area (Å²) in [5.41, 5.74) is 0. The van der Waals surface area contributed by atoms with Gasteiger partial charge in [0.25, 0.3) is 0 Å². The van der Waals surface area contributed by atoms with Gasteiger partial charge in [-0.25, -0.2) is 22.7 Å². The Kier molecular flexibility index (Phi) is 8.08. The molecule has 9 heteroatoms. The first-order valence-electron chi connectivity index (χ1n) is 6.00. The summed E-state index contributed by atoms with van der Waals surface area (Å²) in [4.78, 5) is 22.3. The molecule has 0 aromatic carbocycles. The molecule has 0 aliphatic rings. The summed E-state index contributed by atoms with van der Waals surface area (Å²) in [6, 6.07) is -1.64. The summed E-state index contributed by atoms with van der Waals surface area (Å²) in [5.74, 6) is -1.37. The molecule has 0 radical (unpaired) electrons. The van der Waals surface area contributed by atoms with E-state index in [2.05, 4.69) is 15.4 Å². The maximum atomic E-state index is 11.4. The number of carboxylic acid groups (broad SMARTS) is 1. The van der Waals surface area contributed by atoms with Crippen molar-refractivity contribution in [2.45, 2.75) is 32.2 Å². The number of unbranched alkanes of at least 4 members (excludes halogenated alkanes) is 1. The fourth-order valence-corrected chi connectivity index (χ4v) is 1.85. The van der Waals surface area contributed by atoms with Crippen LogP contribution in [0, 0.1) is 0 Å². The Morgan fingerprint density at radius 3 is 2.42 bits per heavy atom. The third-order valence-corrected chi connectivity index (χ3v) is 3.78. The van der Waals surface area contributed by atoms with E-state index in [1.165, 1.54) is 7.05 Å². The van der Waals surface area contributed by atoms with Crippen molar-refractivity contribution in [1.29, 1.82) is 0 Å². The molecular formula is C10H21N3O5S. The Bertz CT molecular complexity index is 396. The molecule has 0 saturated carbocycles. The summed E-state index contributed by atoms with van der Waals surface area (Å²) >= 11 is 0. The van der Waals surface area contributed by atoms with Gasteiger partial charge in [-0.05, 0) is 13.5 Å². The molecule has 0 fully saturated rings. The Morgan fingerprint density at radius 1 is 1.32 bits per heavy atom. The number of carbonyl (C=O) groups excluding carboxylic acids is 1. The molecule has 8 nitrogen and oxygen atoms in total. The minimum atomic E-state index is -3.38. The molecule has 0 rings (SSSR count). The predicted octanol–water partition coefficient (Wildman–Crippen LogP) is -0.522. The molecule has 0 saturated heterocycles. The van der Waals surface area contributed by atoms with Crippen LogP contribution >= 0.6 is 0 Å².